The number of imidazole rings is 1. The Morgan fingerprint density at radius 1 is 1.21 bits per heavy atom. The number of nitrogens with zero attached hydrogens (tertiary/aromatic N) is 6. The zero-order valence-corrected chi connectivity index (χ0v) is 18.4. The molecule has 170 valence electrons. The third kappa shape index (κ3) is 3.72. The SMILES string of the molecule is CCCCn1c(-c2nonc2N)nc2c(-c3ccccc3)ncc(C(=O)N3CCC(N)C3)c21. The minimum Gasteiger partial charge on any atom is -0.379 e. The average Bonchev–Trinajstić information content (AvgIpc) is 3.55. The van der Waals surface area contributed by atoms with Gasteiger partial charge in [0.25, 0.3) is 5.91 Å². The molecule has 1 aliphatic heterocycles. The molecule has 1 aromatic carbocycles. The number of carbonyl (C=O) groups excluding carboxylic acids is 1. The Hall–Kier alpha value is -3.79. The normalized spacial score (nSPS) is 16.1. The van der Waals surface area contributed by atoms with Crippen molar-refractivity contribution in [2.75, 3.05) is 18.8 Å². The highest BCUT2D eigenvalue weighted by molar-refractivity contribution is 6.08. The van der Waals surface area contributed by atoms with Crippen molar-refractivity contribution in [2.45, 2.75) is 38.8 Å². The highest BCUT2D eigenvalue weighted by Gasteiger charge is 2.30. The molecule has 1 saturated heterocycles. The summed E-state index contributed by atoms with van der Waals surface area (Å²) in [6, 6.07) is 9.77. The van der Waals surface area contributed by atoms with Gasteiger partial charge >= 0.3 is 0 Å². The molecule has 10 nitrogen and oxygen atoms in total. The van der Waals surface area contributed by atoms with E-state index < -0.39 is 0 Å². The van der Waals surface area contributed by atoms with Crippen LogP contribution in [0.15, 0.2) is 41.2 Å². The molecular weight excluding hydrogens is 420 g/mol. The van der Waals surface area contributed by atoms with Crippen LogP contribution < -0.4 is 11.5 Å². The molecular formula is C23H26N8O2. The van der Waals surface area contributed by atoms with Crippen molar-refractivity contribution >= 4 is 22.8 Å². The molecule has 1 aliphatic rings. The molecule has 10 heteroatoms. The van der Waals surface area contributed by atoms with Crippen LogP contribution in [0.4, 0.5) is 5.82 Å². The maximum Gasteiger partial charge on any atom is 0.257 e. The lowest BCUT2D eigenvalue weighted by molar-refractivity contribution is 0.0792. The third-order valence-electron chi connectivity index (χ3n) is 6.02. The van der Waals surface area contributed by atoms with E-state index in [4.69, 9.17) is 21.1 Å². The Balaban J connectivity index is 1.78. The predicted molar refractivity (Wildman–Crippen MR) is 124 cm³/mol. The summed E-state index contributed by atoms with van der Waals surface area (Å²) in [7, 11) is 0. The van der Waals surface area contributed by atoms with Gasteiger partial charge in [-0.1, -0.05) is 43.7 Å². The van der Waals surface area contributed by atoms with E-state index in [0.29, 0.717) is 53.4 Å². The maximum absolute atomic E-state index is 13.6. The Kier molecular flexibility index (Phi) is 5.51. The highest BCUT2D eigenvalue weighted by Crippen LogP contribution is 2.34. The van der Waals surface area contributed by atoms with Crippen LogP contribution in [0.25, 0.3) is 33.8 Å². The van der Waals surface area contributed by atoms with E-state index in [-0.39, 0.29) is 17.8 Å². The molecule has 1 amide bonds. The van der Waals surface area contributed by atoms with Gasteiger partial charge in [-0.15, -0.1) is 0 Å². The fourth-order valence-electron chi connectivity index (χ4n) is 4.31. The van der Waals surface area contributed by atoms with Gasteiger partial charge in [-0.05, 0) is 23.2 Å². The first-order valence-corrected chi connectivity index (χ1v) is 11.2. The first kappa shape index (κ1) is 21.1. The minimum atomic E-state index is -0.101. The van der Waals surface area contributed by atoms with Crippen LogP contribution in [0.5, 0.6) is 0 Å². The van der Waals surface area contributed by atoms with Gasteiger partial charge in [0.15, 0.2) is 17.3 Å². The van der Waals surface area contributed by atoms with E-state index in [1.165, 1.54) is 0 Å². The van der Waals surface area contributed by atoms with Crippen molar-refractivity contribution in [2.24, 2.45) is 5.73 Å². The number of nitrogens with two attached hydrogens (primary N) is 2. The number of aromatic nitrogens is 5. The number of rotatable bonds is 6. The van der Waals surface area contributed by atoms with Crippen LogP contribution in [0, 0.1) is 0 Å². The van der Waals surface area contributed by atoms with Crippen LogP contribution in [-0.4, -0.2) is 54.8 Å². The summed E-state index contributed by atoms with van der Waals surface area (Å²) in [5.41, 5.74) is 15.9. The van der Waals surface area contributed by atoms with Crippen LogP contribution in [0.2, 0.25) is 0 Å². The number of carbonyl (C=O) groups is 1. The summed E-state index contributed by atoms with van der Waals surface area (Å²) in [5, 5.41) is 7.72. The largest absolute Gasteiger partial charge is 0.379 e. The van der Waals surface area contributed by atoms with E-state index in [2.05, 4.69) is 22.2 Å². The number of pyridine rings is 1. The number of hydrogen-bond donors (Lipinski definition) is 2. The molecule has 4 aromatic rings. The molecule has 5 rings (SSSR count). The van der Waals surface area contributed by atoms with Crippen molar-refractivity contribution in [1.29, 1.82) is 0 Å². The van der Waals surface area contributed by atoms with E-state index >= 15 is 0 Å². The van der Waals surface area contributed by atoms with Gasteiger partial charge in [-0.3, -0.25) is 9.78 Å². The van der Waals surface area contributed by atoms with E-state index in [9.17, 15) is 4.79 Å². The second kappa shape index (κ2) is 8.62. The molecule has 1 unspecified atom stereocenters. The van der Waals surface area contributed by atoms with Gasteiger partial charge in [-0.25, -0.2) is 9.61 Å². The molecule has 0 saturated carbocycles. The standard InChI is InChI=1S/C23H26N8O2/c1-2-3-10-31-20-16(23(32)30-11-9-15(24)13-30)12-26-17(14-7-5-4-6-8-14)18(20)27-22(31)19-21(25)29-33-28-19/h4-8,12,15H,2-3,9-11,13,24H2,1H3,(H2,25,29). The van der Waals surface area contributed by atoms with Crippen molar-refractivity contribution in [1.82, 2.24) is 29.7 Å². The van der Waals surface area contributed by atoms with Crippen molar-refractivity contribution in [3.63, 3.8) is 0 Å². The van der Waals surface area contributed by atoms with Gasteiger partial charge in [0.05, 0.1) is 16.8 Å². The summed E-state index contributed by atoms with van der Waals surface area (Å²) in [6.45, 7) is 3.89. The van der Waals surface area contributed by atoms with Gasteiger partial charge < -0.3 is 20.9 Å². The lowest BCUT2D eigenvalue weighted by Crippen LogP contribution is -2.32. The highest BCUT2D eigenvalue weighted by atomic mass is 16.6. The molecule has 4 heterocycles. The third-order valence-corrected chi connectivity index (χ3v) is 6.02. The molecule has 3 aromatic heterocycles. The van der Waals surface area contributed by atoms with Gasteiger partial charge in [0.1, 0.15) is 5.52 Å². The van der Waals surface area contributed by atoms with E-state index in [1.807, 2.05) is 34.9 Å². The average molecular weight is 447 g/mol. The zero-order chi connectivity index (χ0) is 22.9. The number of benzene rings is 1. The quantitative estimate of drug-likeness (QED) is 0.460. The molecule has 0 spiro atoms. The summed E-state index contributed by atoms with van der Waals surface area (Å²) in [6.07, 6.45) is 4.28. The van der Waals surface area contributed by atoms with Gasteiger partial charge in [0, 0.05) is 37.4 Å². The number of nitrogen functional groups attached to an aromatic ring is 1. The van der Waals surface area contributed by atoms with Gasteiger partial charge in [0.2, 0.25) is 0 Å². The van der Waals surface area contributed by atoms with Crippen LogP contribution in [0.1, 0.15) is 36.5 Å². The second-order valence-corrected chi connectivity index (χ2v) is 8.32. The van der Waals surface area contributed by atoms with E-state index in [0.717, 1.165) is 24.8 Å². The lowest BCUT2D eigenvalue weighted by atomic mass is 10.1. The summed E-state index contributed by atoms with van der Waals surface area (Å²) >= 11 is 0. The number of aryl methyl sites for hydroxylation is 1. The minimum absolute atomic E-state index is 0.0115. The topological polar surface area (TPSA) is 142 Å². The molecule has 4 N–H and O–H groups in total. The fourth-order valence-corrected chi connectivity index (χ4v) is 4.31. The molecule has 1 fully saturated rings. The smallest absolute Gasteiger partial charge is 0.257 e. The number of unbranched alkanes of at least 4 members (excludes halogenated alkanes) is 1. The zero-order valence-electron chi connectivity index (χ0n) is 18.4. The van der Waals surface area contributed by atoms with Crippen molar-refractivity contribution in [3.8, 4) is 22.8 Å². The number of amides is 1. The van der Waals surface area contributed by atoms with Crippen LogP contribution in [0.3, 0.4) is 0 Å². The molecule has 0 aliphatic carbocycles. The Labute approximate surface area is 190 Å². The number of hydrogen-bond acceptors (Lipinski definition) is 8. The Morgan fingerprint density at radius 2 is 2.03 bits per heavy atom. The lowest BCUT2D eigenvalue weighted by Gasteiger charge is -2.18. The Bertz CT molecular complexity index is 1300. The number of anilines is 1. The van der Waals surface area contributed by atoms with Crippen molar-refractivity contribution < 1.29 is 9.42 Å². The molecule has 1 atom stereocenters. The summed E-state index contributed by atoms with van der Waals surface area (Å²) in [5.74, 6) is 0.556. The number of fused-ring (bicyclic) bond motifs is 1. The number of likely N-dealkylation sites (tertiary alicyclic amines) is 1. The monoisotopic (exact) mass is 446 g/mol. The summed E-state index contributed by atoms with van der Waals surface area (Å²) < 4.78 is 6.85. The molecule has 33 heavy (non-hydrogen) atoms. The second-order valence-electron chi connectivity index (χ2n) is 8.32. The predicted octanol–water partition coefficient (Wildman–Crippen LogP) is 2.70. The fraction of sp³-hybridized carbons (Fsp3) is 0.348. The first-order valence-electron chi connectivity index (χ1n) is 11.2. The molecule has 0 radical (unpaired) electrons. The molecule has 0 bridgehead atoms. The van der Waals surface area contributed by atoms with Crippen LogP contribution >= 0.6 is 0 Å². The van der Waals surface area contributed by atoms with Gasteiger partial charge in [-0.2, -0.15) is 0 Å². The maximum atomic E-state index is 13.6. The Morgan fingerprint density at radius 3 is 2.70 bits per heavy atom. The summed E-state index contributed by atoms with van der Waals surface area (Å²) in [4.78, 5) is 24.9. The first-order chi connectivity index (χ1) is 16.1. The van der Waals surface area contributed by atoms with Crippen LogP contribution in [-0.2, 0) is 6.54 Å². The van der Waals surface area contributed by atoms with Crippen molar-refractivity contribution in [3.05, 3.63) is 42.1 Å². The van der Waals surface area contributed by atoms with E-state index in [1.54, 1.807) is 11.1 Å².